The molecular formula is C19H11Cl3N2O3. The van der Waals surface area contributed by atoms with E-state index in [1.165, 1.54) is 18.3 Å². The molecule has 0 aliphatic rings. The van der Waals surface area contributed by atoms with E-state index in [9.17, 15) is 14.9 Å². The standard InChI is InChI=1S/C19H11Cl3N2O3/c20-16-8-14(24(26)27)9-17(21)15(16)7-11-1-3-12(4-2-11)19(25)13-5-6-18(22)23-10-13/h1-6,8-10H,7H2. The Morgan fingerprint density at radius 2 is 1.56 bits per heavy atom. The van der Waals surface area contributed by atoms with Gasteiger partial charge in [0.15, 0.2) is 5.78 Å². The van der Waals surface area contributed by atoms with Gasteiger partial charge in [-0.05, 0) is 23.3 Å². The van der Waals surface area contributed by atoms with Crippen molar-refractivity contribution in [2.75, 3.05) is 0 Å². The van der Waals surface area contributed by atoms with Crippen LogP contribution in [0.15, 0.2) is 54.7 Å². The first-order valence-electron chi connectivity index (χ1n) is 7.72. The fourth-order valence-electron chi connectivity index (χ4n) is 2.52. The minimum absolute atomic E-state index is 0.161. The van der Waals surface area contributed by atoms with E-state index in [-0.39, 0.29) is 21.5 Å². The Morgan fingerprint density at radius 3 is 2.07 bits per heavy atom. The van der Waals surface area contributed by atoms with Gasteiger partial charge in [-0.25, -0.2) is 4.98 Å². The topological polar surface area (TPSA) is 73.1 Å². The Morgan fingerprint density at radius 1 is 0.963 bits per heavy atom. The molecule has 0 spiro atoms. The Kier molecular flexibility index (Phi) is 5.75. The normalized spacial score (nSPS) is 10.6. The highest BCUT2D eigenvalue weighted by molar-refractivity contribution is 6.36. The summed E-state index contributed by atoms with van der Waals surface area (Å²) in [5.41, 5.74) is 2.23. The van der Waals surface area contributed by atoms with Gasteiger partial charge >= 0.3 is 0 Å². The number of carbonyl (C=O) groups is 1. The average molecular weight is 422 g/mol. The predicted molar refractivity (Wildman–Crippen MR) is 105 cm³/mol. The summed E-state index contributed by atoms with van der Waals surface area (Å²) in [7, 11) is 0. The molecule has 1 aromatic heterocycles. The second-order valence-corrected chi connectivity index (χ2v) is 6.92. The number of pyridine rings is 1. The summed E-state index contributed by atoms with van der Waals surface area (Å²) < 4.78 is 0. The maximum atomic E-state index is 12.4. The number of non-ortho nitro benzene ring substituents is 1. The summed E-state index contributed by atoms with van der Waals surface area (Å²) in [6.07, 6.45) is 1.81. The van der Waals surface area contributed by atoms with Crippen LogP contribution in [0.1, 0.15) is 27.0 Å². The minimum Gasteiger partial charge on any atom is -0.289 e. The number of halogens is 3. The maximum absolute atomic E-state index is 12.4. The van der Waals surface area contributed by atoms with E-state index < -0.39 is 4.92 Å². The van der Waals surface area contributed by atoms with Gasteiger partial charge < -0.3 is 0 Å². The average Bonchev–Trinajstić information content (AvgIpc) is 2.65. The SMILES string of the molecule is O=C(c1ccc(Cc2c(Cl)cc([N+](=O)[O-])cc2Cl)cc1)c1ccc(Cl)nc1. The molecule has 8 heteroatoms. The van der Waals surface area contributed by atoms with Gasteiger partial charge in [-0.2, -0.15) is 0 Å². The highest BCUT2D eigenvalue weighted by atomic mass is 35.5. The molecule has 0 fully saturated rings. The van der Waals surface area contributed by atoms with Crippen molar-refractivity contribution >= 4 is 46.3 Å². The van der Waals surface area contributed by atoms with Gasteiger partial charge in [-0.1, -0.05) is 59.1 Å². The van der Waals surface area contributed by atoms with Crippen LogP contribution in [0.5, 0.6) is 0 Å². The Balaban J connectivity index is 1.81. The van der Waals surface area contributed by atoms with Crippen molar-refractivity contribution in [3.05, 3.63) is 102 Å². The molecule has 3 rings (SSSR count). The zero-order valence-corrected chi connectivity index (χ0v) is 15.9. The quantitative estimate of drug-likeness (QED) is 0.227. The molecule has 0 bridgehead atoms. The van der Waals surface area contributed by atoms with Crippen molar-refractivity contribution in [3.8, 4) is 0 Å². The summed E-state index contributed by atoms with van der Waals surface area (Å²) in [5, 5.41) is 11.6. The molecular weight excluding hydrogens is 411 g/mol. The van der Waals surface area contributed by atoms with Crippen LogP contribution in [-0.4, -0.2) is 15.7 Å². The van der Waals surface area contributed by atoms with Crippen LogP contribution in [0.25, 0.3) is 0 Å². The third kappa shape index (κ3) is 4.45. The Hall–Kier alpha value is -2.47. The molecule has 0 aliphatic carbocycles. The first-order valence-corrected chi connectivity index (χ1v) is 8.86. The molecule has 0 saturated heterocycles. The molecule has 136 valence electrons. The summed E-state index contributed by atoms with van der Waals surface area (Å²) in [5.74, 6) is -0.169. The van der Waals surface area contributed by atoms with E-state index in [2.05, 4.69) is 4.98 Å². The van der Waals surface area contributed by atoms with Crippen LogP contribution in [0.3, 0.4) is 0 Å². The fourth-order valence-corrected chi connectivity index (χ4v) is 3.24. The number of carbonyl (C=O) groups excluding carboxylic acids is 1. The zero-order chi connectivity index (χ0) is 19.6. The number of nitro groups is 1. The zero-order valence-electron chi connectivity index (χ0n) is 13.7. The lowest BCUT2D eigenvalue weighted by Crippen LogP contribution is -2.02. The van der Waals surface area contributed by atoms with Crippen molar-refractivity contribution in [2.45, 2.75) is 6.42 Å². The van der Waals surface area contributed by atoms with Gasteiger partial charge in [0.05, 0.1) is 15.0 Å². The van der Waals surface area contributed by atoms with Crippen LogP contribution in [0.2, 0.25) is 15.2 Å². The van der Waals surface area contributed by atoms with Crippen LogP contribution >= 0.6 is 34.8 Å². The van der Waals surface area contributed by atoms with Gasteiger partial charge in [0.25, 0.3) is 5.69 Å². The summed E-state index contributed by atoms with van der Waals surface area (Å²) in [6, 6.07) is 12.7. The second kappa shape index (κ2) is 8.05. The maximum Gasteiger partial charge on any atom is 0.272 e. The third-order valence-electron chi connectivity index (χ3n) is 3.92. The van der Waals surface area contributed by atoms with Crippen molar-refractivity contribution < 1.29 is 9.72 Å². The molecule has 0 N–H and O–H groups in total. The Labute approximate surface area is 169 Å². The van der Waals surface area contributed by atoms with Crippen molar-refractivity contribution in [1.82, 2.24) is 4.98 Å². The lowest BCUT2D eigenvalue weighted by atomic mass is 10.00. The van der Waals surface area contributed by atoms with E-state index in [1.807, 2.05) is 0 Å². The fraction of sp³-hybridized carbons (Fsp3) is 0.0526. The van der Waals surface area contributed by atoms with Crippen LogP contribution in [0, 0.1) is 10.1 Å². The molecule has 0 unspecified atom stereocenters. The number of hydrogen-bond donors (Lipinski definition) is 0. The van der Waals surface area contributed by atoms with E-state index in [0.717, 1.165) is 5.56 Å². The largest absolute Gasteiger partial charge is 0.289 e. The van der Waals surface area contributed by atoms with Crippen LogP contribution < -0.4 is 0 Å². The van der Waals surface area contributed by atoms with Crippen molar-refractivity contribution in [1.29, 1.82) is 0 Å². The number of benzene rings is 2. The smallest absolute Gasteiger partial charge is 0.272 e. The molecule has 0 radical (unpaired) electrons. The Bertz CT molecular complexity index is 996. The molecule has 27 heavy (non-hydrogen) atoms. The molecule has 0 aliphatic heterocycles. The van der Waals surface area contributed by atoms with E-state index >= 15 is 0 Å². The molecule has 0 atom stereocenters. The van der Waals surface area contributed by atoms with E-state index in [0.29, 0.717) is 28.3 Å². The van der Waals surface area contributed by atoms with Gasteiger partial charge in [0.1, 0.15) is 5.15 Å². The number of nitro benzene ring substituents is 1. The van der Waals surface area contributed by atoms with E-state index in [1.54, 1.807) is 36.4 Å². The van der Waals surface area contributed by atoms with Crippen molar-refractivity contribution in [2.24, 2.45) is 0 Å². The first kappa shape index (κ1) is 19.3. The summed E-state index contributed by atoms with van der Waals surface area (Å²) in [4.78, 5) is 26.7. The van der Waals surface area contributed by atoms with Crippen LogP contribution in [0.4, 0.5) is 5.69 Å². The van der Waals surface area contributed by atoms with Gasteiger partial charge in [-0.15, -0.1) is 0 Å². The van der Waals surface area contributed by atoms with Crippen molar-refractivity contribution in [3.63, 3.8) is 0 Å². The number of hydrogen-bond acceptors (Lipinski definition) is 4. The molecule has 0 amide bonds. The molecule has 0 saturated carbocycles. The predicted octanol–water partition coefficient (Wildman–Crippen LogP) is 5.77. The summed E-state index contributed by atoms with van der Waals surface area (Å²) >= 11 is 18.0. The number of nitrogens with zero attached hydrogens (tertiary/aromatic N) is 2. The number of ketones is 1. The van der Waals surface area contributed by atoms with Gasteiger partial charge in [0, 0.05) is 35.9 Å². The number of aromatic nitrogens is 1. The second-order valence-electron chi connectivity index (χ2n) is 5.72. The number of rotatable bonds is 5. The van der Waals surface area contributed by atoms with Gasteiger partial charge in [-0.3, -0.25) is 14.9 Å². The lowest BCUT2D eigenvalue weighted by Gasteiger charge is -2.08. The third-order valence-corrected chi connectivity index (χ3v) is 4.82. The van der Waals surface area contributed by atoms with Gasteiger partial charge in [0.2, 0.25) is 0 Å². The first-order chi connectivity index (χ1) is 12.8. The van der Waals surface area contributed by atoms with E-state index in [4.69, 9.17) is 34.8 Å². The molecule has 3 aromatic rings. The lowest BCUT2D eigenvalue weighted by molar-refractivity contribution is -0.384. The highest BCUT2D eigenvalue weighted by Crippen LogP contribution is 2.32. The summed E-state index contributed by atoms with van der Waals surface area (Å²) in [6.45, 7) is 0. The molecule has 2 aromatic carbocycles. The van der Waals surface area contributed by atoms with Crippen LogP contribution in [-0.2, 0) is 6.42 Å². The highest BCUT2D eigenvalue weighted by Gasteiger charge is 2.15. The monoisotopic (exact) mass is 420 g/mol. The minimum atomic E-state index is -0.548. The molecule has 5 nitrogen and oxygen atoms in total. The molecule has 1 heterocycles.